The second kappa shape index (κ2) is 9.54. The Morgan fingerprint density at radius 3 is 2.67 bits per heavy atom. The SMILES string of the molecule is CCOc1cc(CN2CCC(Nc3nc(Cl)cc4ccccc34)CC2)ccc1OC. The Morgan fingerprint density at radius 1 is 1.10 bits per heavy atom. The number of benzene rings is 2. The number of piperidine rings is 1. The molecule has 0 unspecified atom stereocenters. The third-order valence-corrected chi connectivity index (χ3v) is 5.77. The number of rotatable bonds is 7. The van der Waals surface area contributed by atoms with Gasteiger partial charge in [0.2, 0.25) is 0 Å². The van der Waals surface area contributed by atoms with Gasteiger partial charge in [0.05, 0.1) is 13.7 Å². The molecule has 0 radical (unpaired) electrons. The van der Waals surface area contributed by atoms with E-state index in [0.29, 0.717) is 17.8 Å². The topological polar surface area (TPSA) is 46.6 Å². The van der Waals surface area contributed by atoms with Crippen LogP contribution in [-0.4, -0.2) is 42.7 Å². The first-order valence-electron chi connectivity index (χ1n) is 10.5. The Balaban J connectivity index is 1.37. The summed E-state index contributed by atoms with van der Waals surface area (Å²) < 4.78 is 11.1. The lowest BCUT2D eigenvalue weighted by Gasteiger charge is -2.33. The maximum Gasteiger partial charge on any atom is 0.161 e. The zero-order valence-corrected chi connectivity index (χ0v) is 18.3. The molecular weight excluding hydrogens is 398 g/mol. The van der Waals surface area contributed by atoms with Crippen molar-refractivity contribution in [3.63, 3.8) is 0 Å². The molecule has 1 aromatic heterocycles. The average Bonchev–Trinajstić information content (AvgIpc) is 2.75. The summed E-state index contributed by atoms with van der Waals surface area (Å²) in [7, 11) is 1.67. The molecule has 1 fully saturated rings. The molecule has 1 aliphatic heterocycles. The van der Waals surface area contributed by atoms with Gasteiger partial charge in [-0.25, -0.2) is 4.98 Å². The van der Waals surface area contributed by atoms with E-state index in [-0.39, 0.29) is 0 Å². The van der Waals surface area contributed by atoms with Crippen LogP contribution in [0.5, 0.6) is 11.5 Å². The summed E-state index contributed by atoms with van der Waals surface area (Å²) in [6.45, 7) is 5.60. The smallest absolute Gasteiger partial charge is 0.161 e. The summed E-state index contributed by atoms with van der Waals surface area (Å²) in [5, 5.41) is 6.39. The van der Waals surface area contributed by atoms with Crippen LogP contribution in [0, 0.1) is 0 Å². The van der Waals surface area contributed by atoms with Crippen molar-refractivity contribution >= 4 is 28.2 Å². The summed E-state index contributed by atoms with van der Waals surface area (Å²) in [6.07, 6.45) is 2.13. The molecule has 0 spiro atoms. The predicted octanol–water partition coefficient (Wildman–Crippen LogP) is 5.37. The molecule has 2 heterocycles. The Bertz CT molecular complexity index is 1000. The number of fused-ring (bicyclic) bond motifs is 1. The first kappa shape index (κ1) is 20.8. The van der Waals surface area contributed by atoms with E-state index in [1.165, 1.54) is 5.56 Å². The number of halogens is 1. The van der Waals surface area contributed by atoms with Crippen molar-refractivity contribution in [1.29, 1.82) is 0 Å². The van der Waals surface area contributed by atoms with E-state index in [4.69, 9.17) is 21.1 Å². The second-order valence-corrected chi connectivity index (χ2v) is 8.01. The third-order valence-electron chi connectivity index (χ3n) is 5.57. The number of hydrogen-bond acceptors (Lipinski definition) is 5. The van der Waals surface area contributed by atoms with Gasteiger partial charge in [-0.2, -0.15) is 0 Å². The zero-order chi connectivity index (χ0) is 20.9. The van der Waals surface area contributed by atoms with Crippen LogP contribution in [0.4, 0.5) is 5.82 Å². The molecule has 3 aromatic rings. The minimum atomic E-state index is 0.394. The van der Waals surface area contributed by atoms with Crippen LogP contribution < -0.4 is 14.8 Å². The van der Waals surface area contributed by atoms with Crippen molar-refractivity contribution in [1.82, 2.24) is 9.88 Å². The summed E-state index contributed by atoms with van der Waals surface area (Å²) in [5.74, 6) is 2.48. The highest BCUT2D eigenvalue weighted by molar-refractivity contribution is 6.30. The number of pyridine rings is 1. The van der Waals surface area contributed by atoms with E-state index in [2.05, 4.69) is 39.5 Å². The van der Waals surface area contributed by atoms with Gasteiger partial charge >= 0.3 is 0 Å². The van der Waals surface area contributed by atoms with E-state index in [1.807, 2.05) is 31.2 Å². The Morgan fingerprint density at radius 2 is 1.90 bits per heavy atom. The van der Waals surface area contributed by atoms with Crippen LogP contribution in [0.25, 0.3) is 10.8 Å². The Labute approximate surface area is 183 Å². The molecule has 6 heteroatoms. The molecule has 2 aromatic carbocycles. The minimum Gasteiger partial charge on any atom is -0.493 e. The van der Waals surface area contributed by atoms with E-state index in [1.54, 1.807) is 7.11 Å². The van der Waals surface area contributed by atoms with Crippen LogP contribution in [0.3, 0.4) is 0 Å². The molecule has 0 amide bonds. The number of anilines is 1. The molecule has 158 valence electrons. The predicted molar refractivity (Wildman–Crippen MR) is 123 cm³/mol. The fourth-order valence-corrected chi connectivity index (χ4v) is 4.25. The number of nitrogens with zero attached hydrogens (tertiary/aromatic N) is 2. The number of ether oxygens (including phenoxy) is 2. The lowest BCUT2D eigenvalue weighted by atomic mass is 10.0. The molecule has 5 nitrogen and oxygen atoms in total. The Hall–Kier alpha value is -2.50. The van der Waals surface area contributed by atoms with E-state index >= 15 is 0 Å². The van der Waals surface area contributed by atoms with Crippen molar-refractivity contribution < 1.29 is 9.47 Å². The first-order chi connectivity index (χ1) is 14.7. The second-order valence-electron chi connectivity index (χ2n) is 7.63. The highest BCUT2D eigenvalue weighted by atomic mass is 35.5. The lowest BCUT2D eigenvalue weighted by Crippen LogP contribution is -2.38. The fraction of sp³-hybridized carbons (Fsp3) is 0.375. The van der Waals surface area contributed by atoms with Gasteiger partial charge in [0.1, 0.15) is 11.0 Å². The number of nitrogens with one attached hydrogen (secondary N) is 1. The zero-order valence-electron chi connectivity index (χ0n) is 17.5. The van der Waals surface area contributed by atoms with Gasteiger partial charge in [0.15, 0.2) is 11.5 Å². The van der Waals surface area contributed by atoms with Crippen molar-refractivity contribution in [2.45, 2.75) is 32.4 Å². The van der Waals surface area contributed by atoms with Crippen LogP contribution in [-0.2, 0) is 6.54 Å². The molecule has 0 atom stereocenters. The molecule has 0 bridgehead atoms. The van der Waals surface area contributed by atoms with Crippen LogP contribution in [0.15, 0.2) is 48.5 Å². The summed E-state index contributed by atoms with van der Waals surface area (Å²) in [6, 6.07) is 16.7. The van der Waals surface area contributed by atoms with Gasteiger partial charge in [0, 0.05) is 31.1 Å². The molecule has 1 aliphatic rings. The third kappa shape index (κ3) is 4.79. The average molecular weight is 426 g/mol. The first-order valence-corrected chi connectivity index (χ1v) is 10.9. The highest BCUT2D eigenvalue weighted by Gasteiger charge is 2.21. The van der Waals surface area contributed by atoms with E-state index in [0.717, 1.165) is 60.6 Å². The van der Waals surface area contributed by atoms with E-state index < -0.39 is 0 Å². The van der Waals surface area contributed by atoms with Crippen LogP contribution in [0.1, 0.15) is 25.3 Å². The van der Waals surface area contributed by atoms with Crippen LogP contribution >= 0.6 is 11.6 Å². The molecule has 4 rings (SSSR count). The maximum absolute atomic E-state index is 6.23. The van der Waals surface area contributed by atoms with Crippen molar-refractivity contribution in [2.75, 3.05) is 32.1 Å². The lowest BCUT2D eigenvalue weighted by molar-refractivity contribution is 0.210. The van der Waals surface area contributed by atoms with Gasteiger partial charge in [-0.3, -0.25) is 4.90 Å². The normalized spacial score (nSPS) is 15.3. The number of aromatic nitrogens is 1. The Kier molecular flexibility index (Phi) is 6.60. The van der Waals surface area contributed by atoms with Crippen molar-refractivity contribution in [2.24, 2.45) is 0 Å². The molecule has 0 saturated carbocycles. The monoisotopic (exact) mass is 425 g/mol. The van der Waals surface area contributed by atoms with E-state index in [9.17, 15) is 0 Å². The molecule has 0 aliphatic carbocycles. The van der Waals surface area contributed by atoms with Crippen molar-refractivity contribution in [3.05, 3.63) is 59.2 Å². The minimum absolute atomic E-state index is 0.394. The number of likely N-dealkylation sites (tertiary alicyclic amines) is 1. The van der Waals surface area contributed by atoms with Gasteiger partial charge in [-0.05, 0) is 48.9 Å². The largest absolute Gasteiger partial charge is 0.493 e. The number of methoxy groups -OCH3 is 1. The number of hydrogen-bond donors (Lipinski definition) is 1. The highest BCUT2D eigenvalue weighted by Crippen LogP contribution is 2.30. The standard InChI is InChI=1S/C24H28ClN3O2/c1-3-30-22-14-17(8-9-21(22)29-2)16-28-12-10-19(11-13-28)26-24-20-7-5-4-6-18(20)15-23(25)27-24/h4-9,14-15,19H,3,10-13,16H2,1-2H3,(H,26,27). The molecule has 1 saturated heterocycles. The van der Waals surface area contributed by atoms with Gasteiger partial charge < -0.3 is 14.8 Å². The summed E-state index contributed by atoms with van der Waals surface area (Å²) in [4.78, 5) is 7.03. The van der Waals surface area contributed by atoms with Gasteiger partial charge in [-0.1, -0.05) is 41.9 Å². The fourth-order valence-electron chi connectivity index (χ4n) is 4.05. The quantitative estimate of drug-likeness (QED) is 0.515. The van der Waals surface area contributed by atoms with Gasteiger partial charge in [0.25, 0.3) is 0 Å². The van der Waals surface area contributed by atoms with Gasteiger partial charge in [-0.15, -0.1) is 0 Å². The molecule has 30 heavy (non-hydrogen) atoms. The molecule has 1 N–H and O–H groups in total. The summed E-state index contributed by atoms with van der Waals surface area (Å²) in [5.41, 5.74) is 1.24. The maximum atomic E-state index is 6.23. The molecular formula is C24H28ClN3O2. The van der Waals surface area contributed by atoms with Crippen LogP contribution in [0.2, 0.25) is 5.15 Å². The summed E-state index contributed by atoms with van der Waals surface area (Å²) >= 11 is 6.23. The van der Waals surface area contributed by atoms with Crippen molar-refractivity contribution in [3.8, 4) is 11.5 Å².